The summed E-state index contributed by atoms with van der Waals surface area (Å²) in [6.45, 7) is 1.83. The van der Waals surface area contributed by atoms with E-state index >= 15 is 0 Å². The fraction of sp³-hybridized carbons (Fsp3) is 0.0465. The van der Waals surface area contributed by atoms with E-state index in [1.807, 2.05) is 122 Å². The fourth-order valence-corrected chi connectivity index (χ4v) is 5.93. The molecule has 6 rings (SSSR count). The minimum atomic E-state index is -0.472. The number of ether oxygens (including phenoxy) is 1. The van der Waals surface area contributed by atoms with Crippen LogP contribution in [0.4, 0.5) is 11.4 Å². The van der Waals surface area contributed by atoms with Gasteiger partial charge in [-0.2, -0.15) is 0 Å². The quantitative estimate of drug-likeness (QED) is 0.0879. The Morgan fingerprint density at radius 1 is 0.588 bits per heavy atom. The minimum Gasteiger partial charge on any atom is -0.457 e. The Labute approximate surface area is 301 Å². The molecule has 3 N–H and O–H groups in total. The van der Waals surface area contributed by atoms with E-state index in [0.29, 0.717) is 22.7 Å². The summed E-state index contributed by atoms with van der Waals surface area (Å²) in [5.41, 5.74) is 4.62. The van der Waals surface area contributed by atoms with E-state index in [1.54, 1.807) is 54.6 Å². The van der Waals surface area contributed by atoms with Gasteiger partial charge < -0.3 is 20.7 Å². The van der Waals surface area contributed by atoms with Crippen LogP contribution < -0.4 is 20.7 Å². The van der Waals surface area contributed by atoms with E-state index in [-0.39, 0.29) is 16.9 Å². The molecule has 1 unspecified atom stereocenters. The highest BCUT2D eigenvalue weighted by atomic mass is 32.2. The fourth-order valence-electron chi connectivity index (χ4n) is 5.06. The van der Waals surface area contributed by atoms with E-state index in [4.69, 9.17) is 4.74 Å². The minimum absolute atomic E-state index is 0.0970. The van der Waals surface area contributed by atoms with Crippen molar-refractivity contribution >= 4 is 46.9 Å². The Morgan fingerprint density at radius 2 is 1.12 bits per heavy atom. The van der Waals surface area contributed by atoms with Crippen LogP contribution in [0.2, 0.25) is 0 Å². The number of benzene rings is 6. The number of rotatable bonds is 12. The van der Waals surface area contributed by atoms with Crippen LogP contribution in [0.25, 0.3) is 17.2 Å². The number of anilines is 2. The predicted octanol–water partition coefficient (Wildman–Crippen LogP) is 9.67. The zero-order valence-corrected chi connectivity index (χ0v) is 28.6. The maximum atomic E-state index is 13.6. The lowest BCUT2D eigenvalue weighted by Crippen LogP contribution is -2.30. The molecule has 0 aliphatic rings. The van der Waals surface area contributed by atoms with Gasteiger partial charge in [0.1, 0.15) is 17.2 Å². The molecular formula is C43H35N3O4S. The molecule has 0 radical (unpaired) electrons. The highest BCUT2D eigenvalue weighted by molar-refractivity contribution is 8.00. The molecule has 0 spiro atoms. The van der Waals surface area contributed by atoms with E-state index in [1.165, 1.54) is 11.8 Å². The van der Waals surface area contributed by atoms with Crippen molar-refractivity contribution in [3.05, 3.63) is 181 Å². The van der Waals surface area contributed by atoms with Crippen molar-refractivity contribution in [2.75, 3.05) is 10.6 Å². The lowest BCUT2D eigenvalue weighted by Gasteiger charge is -2.14. The first-order valence-corrected chi connectivity index (χ1v) is 17.2. The third-order valence-corrected chi connectivity index (χ3v) is 8.86. The zero-order valence-electron chi connectivity index (χ0n) is 27.8. The molecule has 0 aliphatic carbocycles. The summed E-state index contributed by atoms with van der Waals surface area (Å²) in [6.07, 6.45) is 1.65. The van der Waals surface area contributed by atoms with Crippen molar-refractivity contribution in [1.82, 2.24) is 5.32 Å². The van der Waals surface area contributed by atoms with E-state index in [9.17, 15) is 14.4 Å². The van der Waals surface area contributed by atoms with E-state index in [0.717, 1.165) is 27.3 Å². The number of carbonyl (C=O) groups excluding carboxylic acids is 3. The van der Waals surface area contributed by atoms with Crippen molar-refractivity contribution < 1.29 is 19.1 Å². The number of amides is 3. The SMILES string of the molecule is CC(Sc1ccc(NC(=O)/C(=C/c2ccc(-c3ccccc3)cc2)NC(=O)c2ccccc2)cc1)C(=O)Nc1ccc(Oc2ccccc2)cc1. The van der Waals surface area contributed by atoms with Gasteiger partial charge in [0.2, 0.25) is 5.91 Å². The van der Waals surface area contributed by atoms with Gasteiger partial charge in [0.15, 0.2) is 0 Å². The summed E-state index contributed by atoms with van der Waals surface area (Å²) in [6, 6.07) is 50.4. The van der Waals surface area contributed by atoms with Gasteiger partial charge in [0.25, 0.3) is 11.8 Å². The first-order chi connectivity index (χ1) is 24.9. The molecule has 6 aromatic rings. The average Bonchev–Trinajstić information content (AvgIpc) is 3.17. The molecule has 0 heterocycles. The van der Waals surface area contributed by atoms with Crippen molar-refractivity contribution in [3.63, 3.8) is 0 Å². The monoisotopic (exact) mass is 689 g/mol. The zero-order chi connectivity index (χ0) is 35.4. The molecule has 0 saturated heterocycles. The summed E-state index contributed by atoms with van der Waals surface area (Å²) in [7, 11) is 0. The smallest absolute Gasteiger partial charge is 0.272 e. The highest BCUT2D eigenvalue weighted by Gasteiger charge is 2.17. The molecule has 0 aliphatic heterocycles. The Kier molecular flexibility index (Phi) is 11.4. The molecular weight excluding hydrogens is 655 g/mol. The number of carbonyl (C=O) groups is 3. The van der Waals surface area contributed by atoms with Crippen LogP contribution >= 0.6 is 11.8 Å². The molecule has 0 fully saturated rings. The molecule has 0 saturated carbocycles. The highest BCUT2D eigenvalue weighted by Crippen LogP contribution is 2.27. The van der Waals surface area contributed by atoms with E-state index < -0.39 is 11.8 Å². The van der Waals surface area contributed by atoms with Crippen LogP contribution in [0.5, 0.6) is 11.5 Å². The topological polar surface area (TPSA) is 96.5 Å². The largest absolute Gasteiger partial charge is 0.457 e. The molecule has 252 valence electrons. The molecule has 7 nitrogen and oxygen atoms in total. The van der Waals surface area contributed by atoms with Crippen LogP contribution in [0.3, 0.4) is 0 Å². The van der Waals surface area contributed by atoms with Gasteiger partial charge in [-0.25, -0.2) is 0 Å². The maximum Gasteiger partial charge on any atom is 0.272 e. The summed E-state index contributed by atoms with van der Waals surface area (Å²) in [5.74, 6) is 0.400. The Bertz CT molecular complexity index is 2100. The number of thioether (sulfide) groups is 1. The first kappa shape index (κ1) is 34.5. The van der Waals surface area contributed by atoms with Crippen LogP contribution in [0.1, 0.15) is 22.8 Å². The molecule has 0 aromatic heterocycles. The first-order valence-electron chi connectivity index (χ1n) is 16.3. The summed E-state index contributed by atoms with van der Waals surface area (Å²) in [5, 5.41) is 8.24. The number of para-hydroxylation sites is 1. The standard InChI is InChI=1S/C43H35N3O4S/c1-30(41(47)44-35-21-25-38(26-22-35)50-37-15-9-4-10-16-37)51-39-27-23-36(24-28-39)45-43(49)40(46-42(48)34-13-7-3-8-14-34)29-31-17-19-33(20-18-31)32-11-5-2-6-12-32/h2-30H,1H3,(H,44,47)(H,45,49)(H,46,48)/b40-29-. The normalized spacial score (nSPS) is 11.6. The Balaban J connectivity index is 1.08. The Hall–Kier alpha value is -6.38. The van der Waals surface area contributed by atoms with Crippen LogP contribution in [0, 0.1) is 0 Å². The second-order valence-corrected chi connectivity index (χ2v) is 12.9. The van der Waals surface area contributed by atoms with Gasteiger partial charge in [0, 0.05) is 21.8 Å². The van der Waals surface area contributed by atoms with Gasteiger partial charge in [-0.1, -0.05) is 91.0 Å². The van der Waals surface area contributed by atoms with Crippen molar-refractivity contribution in [3.8, 4) is 22.6 Å². The third kappa shape index (κ3) is 9.84. The molecule has 6 aromatic carbocycles. The number of hydrogen-bond acceptors (Lipinski definition) is 5. The van der Waals surface area contributed by atoms with Crippen LogP contribution in [0.15, 0.2) is 174 Å². The second-order valence-electron chi connectivity index (χ2n) is 11.5. The average molecular weight is 690 g/mol. The van der Waals surface area contributed by atoms with Crippen molar-refractivity contribution in [1.29, 1.82) is 0 Å². The summed E-state index contributed by atoms with van der Waals surface area (Å²) >= 11 is 1.40. The number of nitrogens with one attached hydrogen (secondary N) is 3. The van der Waals surface area contributed by atoms with Gasteiger partial charge in [0.05, 0.1) is 5.25 Å². The number of hydrogen-bond donors (Lipinski definition) is 3. The lowest BCUT2D eigenvalue weighted by atomic mass is 10.0. The molecule has 1 atom stereocenters. The summed E-state index contributed by atoms with van der Waals surface area (Å²) < 4.78 is 5.83. The lowest BCUT2D eigenvalue weighted by molar-refractivity contribution is -0.115. The molecule has 51 heavy (non-hydrogen) atoms. The van der Waals surface area contributed by atoms with Gasteiger partial charge in [-0.15, -0.1) is 11.8 Å². The molecule has 8 heteroatoms. The predicted molar refractivity (Wildman–Crippen MR) is 206 cm³/mol. The second kappa shape index (κ2) is 16.8. The van der Waals surface area contributed by atoms with E-state index in [2.05, 4.69) is 16.0 Å². The molecule has 3 amide bonds. The third-order valence-electron chi connectivity index (χ3n) is 7.75. The Morgan fingerprint density at radius 3 is 1.76 bits per heavy atom. The van der Waals surface area contributed by atoms with Crippen molar-refractivity contribution in [2.45, 2.75) is 17.1 Å². The van der Waals surface area contributed by atoms with Crippen molar-refractivity contribution in [2.24, 2.45) is 0 Å². The summed E-state index contributed by atoms with van der Waals surface area (Å²) in [4.78, 5) is 40.4. The van der Waals surface area contributed by atoms with Gasteiger partial charge in [-0.05, 0) is 102 Å². The van der Waals surface area contributed by atoms with Crippen LogP contribution in [-0.4, -0.2) is 23.0 Å². The van der Waals surface area contributed by atoms with Gasteiger partial charge in [-0.3, -0.25) is 14.4 Å². The van der Waals surface area contributed by atoms with Gasteiger partial charge >= 0.3 is 0 Å². The van der Waals surface area contributed by atoms with Crippen LogP contribution in [-0.2, 0) is 9.59 Å². The molecule has 0 bridgehead atoms. The maximum absolute atomic E-state index is 13.6.